The number of nitrogens with zero attached hydrogens (tertiary/aromatic N) is 3. The predicted octanol–water partition coefficient (Wildman–Crippen LogP) is 2.86. The van der Waals surface area contributed by atoms with Crippen molar-refractivity contribution in [3.05, 3.63) is 54.4 Å². The lowest BCUT2D eigenvalue weighted by molar-refractivity contribution is 0.102. The van der Waals surface area contributed by atoms with Gasteiger partial charge in [-0.15, -0.1) is 0 Å². The molecule has 2 aromatic rings. The zero-order valence-corrected chi connectivity index (χ0v) is 14.3. The lowest BCUT2D eigenvalue weighted by Gasteiger charge is -2.38. The van der Waals surface area contributed by atoms with Gasteiger partial charge in [-0.05, 0) is 50.2 Å². The second-order valence-electron chi connectivity index (χ2n) is 6.36. The molecule has 1 aliphatic rings. The molecule has 0 saturated carbocycles. The fourth-order valence-corrected chi connectivity index (χ4v) is 2.95. The predicted molar refractivity (Wildman–Crippen MR) is 97.6 cm³/mol. The van der Waals surface area contributed by atoms with Crippen LogP contribution in [-0.2, 0) is 0 Å². The number of hydrogen-bond donors (Lipinski definition) is 1. The molecule has 0 atom stereocenters. The first kappa shape index (κ1) is 16.5. The summed E-state index contributed by atoms with van der Waals surface area (Å²) in [5, 5.41) is 2.90. The van der Waals surface area contributed by atoms with Gasteiger partial charge in [0.1, 0.15) is 0 Å². The van der Waals surface area contributed by atoms with E-state index >= 15 is 0 Å². The van der Waals surface area contributed by atoms with Crippen LogP contribution in [0.1, 0.15) is 24.2 Å². The summed E-state index contributed by atoms with van der Waals surface area (Å²) in [6.07, 6.45) is 3.22. The van der Waals surface area contributed by atoms with Gasteiger partial charge in [0.25, 0.3) is 5.91 Å². The number of aromatic nitrogens is 1. The van der Waals surface area contributed by atoms with Crippen LogP contribution in [0.2, 0.25) is 0 Å². The molecule has 2 heterocycles. The summed E-state index contributed by atoms with van der Waals surface area (Å²) in [7, 11) is 0. The third-order valence-electron chi connectivity index (χ3n) is 4.46. The summed E-state index contributed by atoms with van der Waals surface area (Å²) < 4.78 is 0. The molecule has 24 heavy (non-hydrogen) atoms. The topological polar surface area (TPSA) is 48.5 Å². The van der Waals surface area contributed by atoms with Crippen molar-refractivity contribution in [2.24, 2.45) is 0 Å². The number of rotatable bonds is 4. The molecule has 0 spiro atoms. The first-order chi connectivity index (χ1) is 11.6. The number of amides is 1. The Bertz CT molecular complexity index is 662. The van der Waals surface area contributed by atoms with Crippen LogP contribution in [0.25, 0.3) is 0 Å². The Morgan fingerprint density at radius 1 is 1.08 bits per heavy atom. The molecule has 5 heteroatoms. The normalized spacial score (nSPS) is 15.5. The maximum Gasteiger partial charge on any atom is 0.257 e. The molecule has 126 valence electrons. The molecule has 0 bridgehead atoms. The average Bonchev–Trinajstić information content (AvgIpc) is 2.63. The molecule has 1 fully saturated rings. The van der Waals surface area contributed by atoms with E-state index < -0.39 is 0 Å². The van der Waals surface area contributed by atoms with Crippen LogP contribution < -0.4 is 10.2 Å². The molecule has 1 aromatic carbocycles. The highest BCUT2D eigenvalue weighted by Crippen LogP contribution is 2.20. The molecule has 1 aliphatic heterocycles. The van der Waals surface area contributed by atoms with Crippen molar-refractivity contribution in [1.82, 2.24) is 9.88 Å². The summed E-state index contributed by atoms with van der Waals surface area (Å²) in [6, 6.07) is 12.2. The van der Waals surface area contributed by atoms with E-state index in [1.165, 1.54) is 5.69 Å². The van der Waals surface area contributed by atoms with Gasteiger partial charge in [0.05, 0.1) is 5.56 Å². The summed E-state index contributed by atoms with van der Waals surface area (Å²) in [5.41, 5.74) is 2.57. The number of piperazine rings is 1. The van der Waals surface area contributed by atoms with Gasteiger partial charge in [-0.2, -0.15) is 0 Å². The van der Waals surface area contributed by atoms with Gasteiger partial charge in [0.15, 0.2) is 0 Å². The molecule has 1 amide bonds. The molecule has 3 rings (SSSR count). The van der Waals surface area contributed by atoms with Crippen LogP contribution in [0, 0.1) is 0 Å². The number of hydrogen-bond acceptors (Lipinski definition) is 4. The highest BCUT2D eigenvalue weighted by Gasteiger charge is 2.18. The van der Waals surface area contributed by atoms with Gasteiger partial charge in [-0.25, -0.2) is 0 Å². The summed E-state index contributed by atoms with van der Waals surface area (Å²) >= 11 is 0. The molecule has 1 saturated heterocycles. The molecule has 0 aliphatic carbocycles. The van der Waals surface area contributed by atoms with Crippen molar-refractivity contribution >= 4 is 17.3 Å². The molecular weight excluding hydrogens is 300 g/mol. The van der Waals surface area contributed by atoms with Gasteiger partial charge in [-0.3, -0.25) is 14.7 Å². The Morgan fingerprint density at radius 2 is 1.79 bits per heavy atom. The second-order valence-corrected chi connectivity index (χ2v) is 6.36. The number of carbonyl (C=O) groups excluding carboxylic acids is 1. The smallest absolute Gasteiger partial charge is 0.257 e. The van der Waals surface area contributed by atoms with Crippen LogP contribution in [0.5, 0.6) is 0 Å². The van der Waals surface area contributed by atoms with Crippen LogP contribution >= 0.6 is 0 Å². The van der Waals surface area contributed by atoms with E-state index in [0.29, 0.717) is 11.6 Å². The quantitative estimate of drug-likeness (QED) is 0.939. The molecule has 0 unspecified atom stereocenters. The van der Waals surface area contributed by atoms with Crippen LogP contribution in [0.15, 0.2) is 48.8 Å². The fourth-order valence-electron chi connectivity index (χ4n) is 2.95. The minimum Gasteiger partial charge on any atom is -0.369 e. The van der Waals surface area contributed by atoms with E-state index in [0.717, 1.165) is 31.9 Å². The van der Waals surface area contributed by atoms with Crippen LogP contribution in [0.3, 0.4) is 0 Å². The Balaban J connectivity index is 1.59. The van der Waals surface area contributed by atoms with Gasteiger partial charge < -0.3 is 10.2 Å². The highest BCUT2D eigenvalue weighted by atomic mass is 16.1. The van der Waals surface area contributed by atoms with Crippen molar-refractivity contribution in [1.29, 1.82) is 0 Å². The van der Waals surface area contributed by atoms with E-state index in [1.807, 2.05) is 12.1 Å². The largest absolute Gasteiger partial charge is 0.369 e. The lowest BCUT2D eigenvalue weighted by atomic mass is 10.2. The van der Waals surface area contributed by atoms with Gasteiger partial charge >= 0.3 is 0 Å². The number of pyridine rings is 1. The minimum atomic E-state index is -0.138. The fraction of sp³-hybridized carbons (Fsp3) is 0.368. The average molecular weight is 324 g/mol. The molecule has 0 radical (unpaired) electrons. The molecule has 1 aromatic heterocycles. The van der Waals surface area contributed by atoms with E-state index in [2.05, 4.69) is 46.1 Å². The van der Waals surface area contributed by atoms with Gasteiger partial charge in [0, 0.05) is 56.0 Å². The third kappa shape index (κ3) is 3.92. The van der Waals surface area contributed by atoms with E-state index in [1.54, 1.807) is 24.5 Å². The maximum absolute atomic E-state index is 12.1. The Hall–Kier alpha value is -2.40. The number of anilines is 2. The summed E-state index contributed by atoms with van der Waals surface area (Å²) in [4.78, 5) is 21.0. The van der Waals surface area contributed by atoms with Crippen LogP contribution in [-0.4, -0.2) is 48.0 Å². The van der Waals surface area contributed by atoms with Crippen LogP contribution in [0.4, 0.5) is 11.4 Å². The first-order valence-electron chi connectivity index (χ1n) is 8.44. The monoisotopic (exact) mass is 324 g/mol. The zero-order valence-electron chi connectivity index (χ0n) is 14.3. The Labute approximate surface area is 143 Å². The first-order valence-corrected chi connectivity index (χ1v) is 8.44. The van der Waals surface area contributed by atoms with E-state index in [4.69, 9.17) is 0 Å². The number of carbonyl (C=O) groups is 1. The highest BCUT2D eigenvalue weighted by molar-refractivity contribution is 6.04. The molecule has 1 N–H and O–H groups in total. The standard InChI is InChI=1S/C19H24N4O/c1-15(2)22-10-12-23(13-11-22)18-7-5-17(6-8-18)21-19(24)16-4-3-9-20-14-16/h3-9,14-15H,10-13H2,1-2H3,(H,21,24). The molecular formula is C19H24N4O. The SMILES string of the molecule is CC(C)N1CCN(c2ccc(NC(=O)c3cccnc3)cc2)CC1. The third-order valence-corrected chi connectivity index (χ3v) is 4.46. The van der Waals surface area contributed by atoms with Crippen molar-refractivity contribution in [3.63, 3.8) is 0 Å². The van der Waals surface area contributed by atoms with Crippen molar-refractivity contribution in [2.45, 2.75) is 19.9 Å². The van der Waals surface area contributed by atoms with Crippen molar-refractivity contribution < 1.29 is 4.79 Å². The number of benzene rings is 1. The zero-order chi connectivity index (χ0) is 16.9. The number of nitrogens with one attached hydrogen (secondary N) is 1. The summed E-state index contributed by atoms with van der Waals surface area (Å²) in [6.45, 7) is 8.76. The maximum atomic E-state index is 12.1. The van der Waals surface area contributed by atoms with E-state index in [-0.39, 0.29) is 5.91 Å². The Kier molecular flexibility index (Phi) is 5.11. The summed E-state index contributed by atoms with van der Waals surface area (Å²) in [5.74, 6) is -0.138. The van der Waals surface area contributed by atoms with E-state index in [9.17, 15) is 4.79 Å². The van der Waals surface area contributed by atoms with Gasteiger partial charge in [-0.1, -0.05) is 0 Å². The Morgan fingerprint density at radius 3 is 2.38 bits per heavy atom. The molecule has 5 nitrogen and oxygen atoms in total. The van der Waals surface area contributed by atoms with Gasteiger partial charge in [0.2, 0.25) is 0 Å². The van der Waals surface area contributed by atoms with Crippen molar-refractivity contribution in [2.75, 3.05) is 36.4 Å². The second kappa shape index (κ2) is 7.45. The minimum absolute atomic E-state index is 0.138. The lowest BCUT2D eigenvalue weighted by Crippen LogP contribution is -2.48. The van der Waals surface area contributed by atoms with Crippen molar-refractivity contribution in [3.8, 4) is 0 Å².